The van der Waals surface area contributed by atoms with Crippen molar-refractivity contribution in [3.8, 4) is 0 Å². The van der Waals surface area contributed by atoms with E-state index < -0.39 is 6.16 Å². The minimum absolute atomic E-state index is 0. The molecule has 0 spiro atoms. The average Bonchev–Trinajstić information content (AvgIpc) is 1.38. The fraction of sp³-hybridized carbons (Fsp3) is 0. The first-order valence-electron chi connectivity index (χ1n) is 0.799. The van der Waals surface area contributed by atoms with Crippen LogP contribution in [0, 0.1) is 0 Å². The van der Waals surface area contributed by atoms with Crippen LogP contribution in [0.3, 0.4) is 0 Å². The molecule has 0 saturated heterocycles. The van der Waals surface area contributed by atoms with Crippen LogP contribution in [0.2, 0.25) is 0 Å². The molecule has 0 radical (unpaired) electrons. The van der Waals surface area contributed by atoms with E-state index in [0.717, 1.165) is 0 Å². The van der Waals surface area contributed by atoms with E-state index >= 15 is 0 Å². The Balaban J connectivity index is 0. The Hall–Kier alpha value is -0.238. The van der Waals surface area contributed by atoms with Gasteiger partial charge in [-0.2, -0.15) is 0 Å². The Morgan fingerprint density at radius 2 is 2.00 bits per heavy atom. The average molecular weight is 104 g/mol. The molecule has 0 aliphatic carbocycles. The number of carboxylic acid groups (broad SMARTS) is 1. The number of carbonyl (C=O) groups is 1. The molecular formula is CHAlO4+2. The zero-order valence-electron chi connectivity index (χ0n) is 2.75. The number of rotatable bonds is 0. The molecule has 30 valence electrons. The van der Waals surface area contributed by atoms with Crippen LogP contribution in [-0.2, 0) is 4.89 Å². The molecule has 0 aromatic carbocycles. The summed E-state index contributed by atoms with van der Waals surface area (Å²) in [6, 6.07) is 0. The molecule has 0 aromatic heterocycles. The van der Waals surface area contributed by atoms with Gasteiger partial charge in [0.15, 0.2) is 0 Å². The monoisotopic (exact) mass is 104 g/mol. The zero-order chi connectivity index (χ0) is 4.28. The predicted octanol–water partition coefficient (Wildman–Crippen LogP) is -1.42. The fourth-order valence-corrected chi connectivity index (χ4v) is 0. The van der Waals surface area contributed by atoms with Crippen molar-refractivity contribution in [2.24, 2.45) is 0 Å². The van der Waals surface area contributed by atoms with Gasteiger partial charge in [0, 0.05) is 0 Å². The third-order valence-corrected chi connectivity index (χ3v) is 0.0713. The number of hydrogen-bond acceptors (Lipinski definition) is 3. The number of hydrogen-bond donors (Lipinski definition) is 1. The maximum atomic E-state index is 8.83. The van der Waals surface area contributed by atoms with Gasteiger partial charge in [-0.15, -0.1) is 0 Å². The van der Waals surface area contributed by atoms with E-state index in [2.05, 4.69) is 4.89 Å². The molecule has 0 aliphatic rings. The first-order chi connectivity index (χ1) is 2.27. The van der Waals surface area contributed by atoms with E-state index in [1.807, 2.05) is 0 Å². The van der Waals surface area contributed by atoms with Crippen LogP contribution in [-0.4, -0.2) is 28.6 Å². The van der Waals surface area contributed by atoms with E-state index in [-0.39, 0.29) is 17.4 Å². The van der Waals surface area contributed by atoms with E-state index in [1.165, 1.54) is 0 Å². The molecule has 0 saturated carbocycles. The van der Waals surface area contributed by atoms with Crippen LogP contribution in [0.4, 0.5) is 4.79 Å². The van der Waals surface area contributed by atoms with Crippen molar-refractivity contribution in [1.82, 2.24) is 0 Å². The van der Waals surface area contributed by atoms with Gasteiger partial charge in [0.2, 0.25) is 0 Å². The zero-order valence-corrected chi connectivity index (χ0v) is 3.90. The molecule has 1 N–H and O–H groups in total. The summed E-state index contributed by atoms with van der Waals surface area (Å²) in [6.45, 7) is 0. The van der Waals surface area contributed by atoms with Gasteiger partial charge in [-0.3, -0.25) is 0 Å². The molecular weight excluding hydrogens is 103 g/mol. The van der Waals surface area contributed by atoms with Crippen molar-refractivity contribution in [1.29, 1.82) is 0 Å². The summed E-state index contributed by atoms with van der Waals surface area (Å²) in [5.41, 5.74) is 0. The topological polar surface area (TPSA) is 69.6 Å². The van der Waals surface area contributed by atoms with Gasteiger partial charge < -0.3 is 15.3 Å². The molecule has 0 atom stereocenters. The Kier molecular flexibility index (Phi) is 7.33. The minimum atomic E-state index is -1.80. The summed E-state index contributed by atoms with van der Waals surface area (Å²) in [5.74, 6) is 0. The van der Waals surface area contributed by atoms with Crippen molar-refractivity contribution in [3.63, 3.8) is 0 Å². The van der Waals surface area contributed by atoms with E-state index in [1.54, 1.807) is 0 Å². The first kappa shape index (κ1) is 9.23. The Bertz CT molecular complexity index is 42.8. The van der Waals surface area contributed by atoms with Crippen LogP contribution in [0.25, 0.3) is 0 Å². The fourth-order valence-electron chi connectivity index (χ4n) is 0. The van der Waals surface area contributed by atoms with Gasteiger partial charge in [0.1, 0.15) is 0 Å². The van der Waals surface area contributed by atoms with Gasteiger partial charge >= 0.3 is 23.5 Å². The van der Waals surface area contributed by atoms with Gasteiger partial charge in [-0.1, -0.05) is 0 Å². The third-order valence-electron chi connectivity index (χ3n) is 0.0713. The molecule has 4 nitrogen and oxygen atoms in total. The minimum Gasteiger partial charge on any atom is -0.659 e. The van der Waals surface area contributed by atoms with E-state index in [9.17, 15) is 0 Å². The molecule has 6 heavy (non-hydrogen) atoms. The third kappa shape index (κ3) is 9.24. The second-order valence-electron chi connectivity index (χ2n) is 0.349. The van der Waals surface area contributed by atoms with Gasteiger partial charge in [0.05, 0.1) is 0 Å². The molecule has 0 bridgehead atoms. The molecule has 0 aromatic rings. The van der Waals surface area contributed by atoms with Crippen LogP contribution in [0.15, 0.2) is 0 Å². The van der Waals surface area contributed by atoms with Gasteiger partial charge in [-0.05, 0) is 0 Å². The maximum absolute atomic E-state index is 8.83. The molecule has 0 fully saturated rings. The van der Waals surface area contributed by atoms with Crippen LogP contribution in [0.1, 0.15) is 0 Å². The largest absolute Gasteiger partial charge is 3.00 e. The maximum Gasteiger partial charge on any atom is 3.00 e. The van der Waals surface area contributed by atoms with E-state index in [4.69, 9.17) is 15.2 Å². The predicted molar refractivity (Wildman–Crippen MR) is 14.9 cm³/mol. The summed E-state index contributed by atoms with van der Waals surface area (Å²) in [6.07, 6.45) is -1.80. The SMILES string of the molecule is O=C(O)O[O-].[Al+3]. The molecule has 0 rings (SSSR count). The normalized spacial score (nSPS) is 5.50. The smallest absolute Gasteiger partial charge is 0.659 e. The van der Waals surface area contributed by atoms with Crippen molar-refractivity contribution < 1.29 is 20.0 Å². The van der Waals surface area contributed by atoms with Crippen molar-refractivity contribution in [3.05, 3.63) is 0 Å². The summed E-state index contributed by atoms with van der Waals surface area (Å²) >= 11 is 0. The van der Waals surface area contributed by atoms with Gasteiger partial charge in [-0.25, -0.2) is 4.79 Å². The standard InChI is InChI=1S/CH2O4.Al/c2-1(3)5-4;/h4H,(H,2,3);/q;+3/p-1. The first-order valence-corrected chi connectivity index (χ1v) is 0.799. The molecule has 0 aliphatic heterocycles. The Morgan fingerprint density at radius 3 is 2.00 bits per heavy atom. The Labute approximate surface area is 44.4 Å². The van der Waals surface area contributed by atoms with Crippen molar-refractivity contribution in [2.45, 2.75) is 0 Å². The molecule has 0 unspecified atom stereocenters. The van der Waals surface area contributed by atoms with Gasteiger partial charge in [0.25, 0.3) is 0 Å². The quantitative estimate of drug-likeness (QED) is 0.232. The molecule has 0 heterocycles. The summed E-state index contributed by atoms with van der Waals surface area (Å²) < 4.78 is 0. The second kappa shape index (κ2) is 4.76. The second-order valence-corrected chi connectivity index (χ2v) is 0.349. The van der Waals surface area contributed by atoms with Crippen LogP contribution in [0.5, 0.6) is 0 Å². The van der Waals surface area contributed by atoms with Crippen LogP contribution < -0.4 is 5.26 Å². The molecule has 0 amide bonds. The van der Waals surface area contributed by atoms with E-state index in [0.29, 0.717) is 0 Å². The summed E-state index contributed by atoms with van der Waals surface area (Å²) in [7, 11) is 0. The molecule has 5 heteroatoms. The summed E-state index contributed by atoms with van der Waals surface area (Å²) in [5, 5.41) is 15.7. The summed E-state index contributed by atoms with van der Waals surface area (Å²) in [4.78, 5) is 11.2. The Morgan fingerprint density at radius 1 is 1.83 bits per heavy atom. The van der Waals surface area contributed by atoms with Crippen LogP contribution >= 0.6 is 0 Å². The van der Waals surface area contributed by atoms with Crippen molar-refractivity contribution in [2.75, 3.05) is 0 Å². The van der Waals surface area contributed by atoms with Crippen molar-refractivity contribution >= 4 is 23.5 Å².